The number of rotatable bonds is 5. The first kappa shape index (κ1) is 15.3. The van der Waals surface area contributed by atoms with Crippen molar-refractivity contribution in [2.75, 3.05) is 13.1 Å². The van der Waals surface area contributed by atoms with E-state index in [0.29, 0.717) is 25.9 Å². The van der Waals surface area contributed by atoms with Gasteiger partial charge in [-0.25, -0.2) is 17.2 Å². The third-order valence-corrected chi connectivity index (χ3v) is 5.51. The van der Waals surface area contributed by atoms with Crippen molar-refractivity contribution in [3.8, 4) is 0 Å². The lowest BCUT2D eigenvalue weighted by Crippen LogP contribution is -2.36. The van der Waals surface area contributed by atoms with E-state index < -0.39 is 26.6 Å². The van der Waals surface area contributed by atoms with Crippen LogP contribution in [0.4, 0.5) is 8.78 Å². The van der Waals surface area contributed by atoms with Crippen molar-refractivity contribution in [1.82, 2.24) is 4.31 Å². The van der Waals surface area contributed by atoms with E-state index in [-0.39, 0.29) is 6.04 Å². The Morgan fingerprint density at radius 2 is 2.10 bits per heavy atom. The molecule has 1 heterocycles. The Morgan fingerprint density at radius 1 is 1.35 bits per heavy atom. The molecule has 2 N–H and O–H groups in total. The van der Waals surface area contributed by atoms with E-state index in [0.717, 1.165) is 31.0 Å². The zero-order valence-electron chi connectivity index (χ0n) is 11.1. The Labute approximate surface area is 117 Å². The smallest absolute Gasteiger partial charge is 0.246 e. The zero-order valence-corrected chi connectivity index (χ0v) is 11.9. The van der Waals surface area contributed by atoms with Crippen LogP contribution in [0.1, 0.15) is 25.7 Å². The molecule has 1 atom stereocenters. The second-order valence-electron chi connectivity index (χ2n) is 4.92. The van der Waals surface area contributed by atoms with E-state index in [2.05, 4.69) is 0 Å². The lowest BCUT2D eigenvalue weighted by atomic mass is 10.1. The van der Waals surface area contributed by atoms with Gasteiger partial charge < -0.3 is 5.73 Å². The number of hydrogen-bond donors (Lipinski definition) is 1. The number of hydrogen-bond acceptors (Lipinski definition) is 3. The Kier molecular flexibility index (Phi) is 4.72. The summed E-state index contributed by atoms with van der Waals surface area (Å²) in [7, 11) is -3.99. The molecule has 1 unspecified atom stereocenters. The lowest BCUT2D eigenvalue weighted by molar-refractivity contribution is 0.363. The largest absolute Gasteiger partial charge is 0.330 e. The number of halogens is 2. The van der Waals surface area contributed by atoms with Gasteiger partial charge in [-0.1, -0.05) is 0 Å². The van der Waals surface area contributed by atoms with Crippen molar-refractivity contribution in [2.24, 2.45) is 5.73 Å². The van der Waals surface area contributed by atoms with Gasteiger partial charge in [-0.05, 0) is 50.4 Å². The minimum absolute atomic E-state index is 0.175. The fraction of sp³-hybridized carbons (Fsp3) is 0.538. The summed E-state index contributed by atoms with van der Waals surface area (Å²) >= 11 is 0. The summed E-state index contributed by atoms with van der Waals surface area (Å²) in [6.07, 6.45) is 2.82. The van der Waals surface area contributed by atoms with Gasteiger partial charge in [-0.15, -0.1) is 0 Å². The Hall–Kier alpha value is -1.05. The molecule has 112 valence electrons. The first-order valence-corrected chi connectivity index (χ1v) is 8.08. The molecule has 1 aromatic rings. The Balaban J connectivity index is 2.31. The molecule has 1 fully saturated rings. The minimum Gasteiger partial charge on any atom is -0.330 e. The van der Waals surface area contributed by atoms with E-state index in [9.17, 15) is 17.2 Å². The van der Waals surface area contributed by atoms with Crippen molar-refractivity contribution in [1.29, 1.82) is 0 Å². The van der Waals surface area contributed by atoms with E-state index >= 15 is 0 Å². The SMILES string of the molecule is NCCCC1CCCN1S(=O)(=O)c1cc(F)ccc1F. The normalized spacial score (nSPS) is 20.4. The maximum atomic E-state index is 13.7. The molecule has 1 aliphatic rings. The van der Waals surface area contributed by atoms with Gasteiger partial charge in [0.2, 0.25) is 10.0 Å². The van der Waals surface area contributed by atoms with Gasteiger partial charge in [0.05, 0.1) is 0 Å². The predicted molar refractivity (Wildman–Crippen MR) is 71.6 cm³/mol. The molecule has 1 aromatic carbocycles. The van der Waals surface area contributed by atoms with Crippen LogP contribution in [0.5, 0.6) is 0 Å². The van der Waals surface area contributed by atoms with Crippen molar-refractivity contribution < 1.29 is 17.2 Å². The molecule has 0 radical (unpaired) electrons. The summed E-state index contributed by atoms with van der Waals surface area (Å²) in [5.41, 5.74) is 5.44. The van der Waals surface area contributed by atoms with Crippen LogP contribution in [0.2, 0.25) is 0 Å². The first-order chi connectivity index (χ1) is 9.46. The predicted octanol–water partition coefficient (Wildman–Crippen LogP) is 1.86. The van der Waals surface area contributed by atoms with Gasteiger partial charge in [0.1, 0.15) is 16.5 Å². The van der Waals surface area contributed by atoms with Crippen molar-refractivity contribution in [3.63, 3.8) is 0 Å². The molecule has 20 heavy (non-hydrogen) atoms. The van der Waals surface area contributed by atoms with Gasteiger partial charge in [0.25, 0.3) is 0 Å². The quantitative estimate of drug-likeness (QED) is 0.903. The van der Waals surface area contributed by atoms with Crippen LogP contribution in [0.25, 0.3) is 0 Å². The summed E-state index contributed by atoms with van der Waals surface area (Å²) in [6.45, 7) is 0.826. The molecule has 1 saturated heterocycles. The number of nitrogens with two attached hydrogens (primary N) is 1. The molecule has 1 aliphatic heterocycles. The van der Waals surface area contributed by atoms with Crippen LogP contribution < -0.4 is 5.73 Å². The average Bonchev–Trinajstić information content (AvgIpc) is 2.88. The van der Waals surface area contributed by atoms with Gasteiger partial charge in [0.15, 0.2) is 0 Å². The van der Waals surface area contributed by atoms with E-state index in [1.165, 1.54) is 4.31 Å². The van der Waals surface area contributed by atoms with Crippen molar-refractivity contribution in [2.45, 2.75) is 36.6 Å². The third-order valence-electron chi connectivity index (χ3n) is 3.54. The number of nitrogens with zero attached hydrogens (tertiary/aromatic N) is 1. The standard InChI is InChI=1S/C13H18F2N2O2S/c14-10-5-6-12(15)13(9-10)20(18,19)17-8-2-4-11(17)3-1-7-16/h5-6,9,11H,1-4,7-8,16H2. The summed E-state index contributed by atoms with van der Waals surface area (Å²) in [4.78, 5) is -0.586. The number of sulfonamides is 1. The molecule has 2 rings (SSSR count). The fourth-order valence-corrected chi connectivity index (χ4v) is 4.37. The van der Waals surface area contributed by atoms with Crippen LogP contribution >= 0.6 is 0 Å². The fourth-order valence-electron chi connectivity index (χ4n) is 2.57. The summed E-state index contributed by atoms with van der Waals surface area (Å²) in [6, 6.07) is 2.31. The van der Waals surface area contributed by atoms with Crippen LogP contribution in [-0.4, -0.2) is 31.9 Å². The monoisotopic (exact) mass is 304 g/mol. The summed E-state index contributed by atoms with van der Waals surface area (Å²) in [5.74, 6) is -1.68. The molecular weight excluding hydrogens is 286 g/mol. The molecule has 7 heteroatoms. The highest BCUT2D eigenvalue weighted by molar-refractivity contribution is 7.89. The van der Waals surface area contributed by atoms with Gasteiger partial charge in [-0.2, -0.15) is 4.31 Å². The Bertz CT molecular complexity index is 578. The highest BCUT2D eigenvalue weighted by Crippen LogP contribution is 2.29. The van der Waals surface area contributed by atoms with Crippen molar-refractivity contribution >= 4 is 10.0 Å². The Morgan fingerprint density at radius 3 is 2.80 bits per heavy atom. The topological polar surface area (TPSA) is 63.4 Å². The second kappa shape index (κ2) is 6.15. The van der Waals surface area contributed by atoms with Crippen LogP contribution in [0.3, 0.4) is 0 Å². The molecule has 0 amide bonds. The zero-order chi connectivity index (χ0) is 14.8. The third kappa shape index (κ3) is 2.99. The van der Waals surface area contributed by atoms with Gasteiger partial charge in [-0.3, -0.25) is 0 Å². The summed E-state index contributed by atoms with van der Waals surface area (Å²) < 4.78 is 53.1. The molecule has 4 nitrogen and oxygen atoms in total. The highest BCUT2D eigenvalue weighted by atomic mass is 32.2. The van der Waals surface area contributed by atoms with Crippen LogP contribution in [-0.2, 0) is 10.0 Å². The molecule has 0 aliphatic carbocycles. The first-order valence-electron chi connectivity index (χ1n) is 6.64. The van der Waals surface area contributed by atoms with Crippen LogP contribution in [0.15, 0.2) is 23.1 Å². The van der Waals surface area contributed by atoms with Gasteiger partial charge >= 0.3 is 0 Å². The molecule has 0 bridgehead atoms. The van der Waals surface area contributed by atoms with Crippen LogP contribution in [0, 0.1) is 11.6 Å². The molecule has 0 saturated carbocycles. The lowest BCUT2D eigenvalue weighted by Gasteiger charge is -2.24. The highest BCUT2D eigenvalue weighted by Gasteiger charge is 2.36. The molecule has 0 spiro atoms. The number of benzene rings is 1. The van der Waals surface area contributed by atoms with Crippen molar-refractivity contribution in [3.05, 3.63) is 29.8 Å². The molecule has 0 aromatic heterocycles. The second-order valence-corrected chi connectivity index (χ2v) is 6.78. The minimum atomic E-state index is -3.99. The van der Waals surface area contributed by atoms with Gasteiger partial charge in [0, 0.05) is 12.6 Å². The van der Waals surface area contributed by atoms with E-state index in [1.807, 2.05) is 0 Å². The maximum Gasteiger partial charge on any atom is 0.246 e. The summed E-state index contributed by atoms with van der Waals surface area (Å²) in [5, 5.41) is 0. The van der Waals surface area contributed by atoms with E-state index in [4.69, 9.17) is 5.73 Å². The van der Waals surface area contributed by atoms with E-state index in [1.54, 1.807) is 0 Å². The maximum absolute atomic E-state index is 13.7. The average molecular weight is 304 g/mol. The molecular formula is C13H18F2N2O2S.